The molecule has 1 aliphatic heterocycles. The highest BCUT2D eigenvalue weighted by atomic mass is 29.3. The molecule has 0 aromatic rings. The summed E-state index contributed by atoms with van der Waals surface area (Å²) in [7, 11) is 4.73. The molecule has 4 heteroatoms. The van der Waals surface area contributed by atoms with Gasteiger partial charge in [-0.25, -0.2) is 0 Å². The molecule has 0 aromatic carbocycles. The van der Waals surface area contributed by atoms with Gasteiger partial charge in [0.1, 0.15) is 0 Å². The lowest BCUT2D eigenvalue weighted by Crippen LogP contribution is -2.05. The van der Waals surface area contributed by atoms with Crippen LogP contribution in [0, 0.1) is 0 Å². The highest BCUT2D eigenvalue weighted by Crippen LogP contribution is 1.36. The largest absolute Gasteiger partial charge is 0.0963 e. The molecule has 0 spiro atoms. The molecule has 6 heavy (non-hydrogen) atoms. The fourth-order valence-electron chi connectivity index (χ4n) is 0.239. The summed E-state index contributed by atoms with van der Waals surface area (Å²) < 4.78 is 0. The minimum absolute atomic E-state index is 1.08. The summed E-state index contributed by atoms with van der Waals surface area (Å²) in [5, 5.41) is 4.82. The molecule has 0 saturated carbocycles. The van der Waals surface area contributed by atoms with Gasteiger partial charge in [0.2, 0.25) is 0 Å². The summed E-state index contributed by atoms with van der Waals surface area (Å²) in [6.07, 6.45) is 0. The zero-order valence-electron chi connectivity index (χ0n) is 3.15. The summed E-state index contributed by atoms with van der Waals surface area (Å²) in [4.78, 5) is 0. The van der Waals surface area contributed by atoms with Crippen molar-refractivity contribution in [3.8, 4) is 0 Å². The Bertz CT molecular complexity index is 74.9. The molecule has 0 amide bonds. The lowest BCUT2D eigenvalue weighted by atomic mass is 11.9. The molecular weight excluding hydrogens is 136 g/mol. The van der Waals surface area contributed by atoms with Gasteiger partial charge in [-0.15, -0.1) is 0 Å². The normalized spacial score (nSPS) is 16.0. The fraction of sp³-hybridized carbons (Fsp3) is 0. The van der Waals surface area contributed by atoms with Crippen LogP contribution in [0.25, 0.3) is 0 Å². The third-order valence-electron chi connectivity index (χ3n) is 0.455. The Hall–Kier alpha value is 0.608. The molecule has 1 aliphatic rings. The van der Waals surface area contributed by atoms with E-state index >= 15 is 0 Å². The molecule has 0 N–H and O–H groups in total. The van der Waals surface area contributed by atoms with Crippen LogP contribution in [0.15, 0.2) is 0 Å². The van der Waals surface area contributed by atoms with Crippen LogP contribution in [0.5, 0.6) is 0 Å². The molecule has 0 fully saturated rings. The van der Waals surface area contributed by atoms with E-state index in [2.05, 4.69) is 10.6 Å². The third-order valence-corrected chi connectivity index (χ3v) is 9.29. The van der Waals surface area contributed by atoms with Crippen LogP contribution >= 0.6 is 0 Å². The average Bonchev–Trinajstić information content (AvgIpc) is 1.72. The molecule has 0 bridgehead atoms. The van der Waals surface area contributed by atoms with Crippen LogP contribution < -0.4 is 0 Å². The maximum atomic E-state index is 2.41. The summed E-state index contributed by atoms with van der Waals surface area (Å²) in [6, 6.07) is 0. The second-order valence-electron chi connectivity index (χ2n) is 0.869. The molecule has 4 radical (unpaired) electrons. The van der Waals surface area contributed by atoms with E-state index in [1.54, 1.807) is 0 Å². The van der Waals surface area contributed by atoms with E-state index in [0.717, 1.165) is 9.13 Å². The zero-order chi connectivity index (χ0) is 4.24. The first-order valence-electron chi connectivity index (χ1n) is 1.65. The monoisotopic (exact) mass is 138 g/mol. The van der Waals surface area contributed by atoms with Crippen LogP contribution in [0.2, 0.25) is 0 Å². The maximum Gasteiger partial charge on any atom is 0.0401 e. The van der Waals surface area contributed by atoms with Crippen molar-refractivity contribution >= 4 is 45.1 Å². The number of hydrogen-bond acceptors (Lipinski definition) is 0. The second-order valence-corrected chi connectivity index (χ2v) is 9.07. The Kier molecular flexibility index (Phi) is 2.16. The Morgan fingerprint density at radius 3 is 2.33 bits per heavy atom. The van der Waals surface area contributed by atoms with Crippen molar-refractivity contribution in [3.05, 3.63) is 0 Å². The van der Waals surface area contributed by atoms with Crippen molar-refractivity contribution in [2.75, 3.05) is 0 Å². The highest BCUT2D eigenvalue weighted by molar-refractivity contribution is 7.28. The van der Waals surface area contributed by atoms with Crippen LogP contribution in [0.1, 0.15) is 0 Å². The van der Waals surface area contributed by atoms with Crippen LogP contribution in [0.3, 0.4) is 0 Å². The van der Waals surface area contributed by atoms with Crippen LogP contribution in [-0.2, 0) is 0 Å². The van der Waals surface area contributed by atoms with E-state index < -0.39 is 0 Å². The quantitative estimate of drug-likeness (QED) is 0.345. The molecule has 1 heterocycles. The fourth-order valence-corrected chi connectivity index (χ4v) is 10.3. The second kappa shape index (κ2) is 2.73. The van der Waals surface area contributed by atoms with Crippen LogP contribution in [0.4, 0.5) is 0 Å². The van der Waals surface area contributed by atoms with Gasteiger partial charge in [0.25, 0.3) is 0 Å². The molecule has 1 rings (SSSR count). The third kappa shape index (κ3) is 1.37. The first-order chi connectivity index (χ1) is 3.00. The summed E-state index contributed by atoms with van der Waals surface area (Å²) in [5.74, 6) is 0. The smallest absolute Gasteiger partial charge is 0.0401 e. The number of rotatable bonds is 0. The van der Waals surface area contributed by atoms with Crippen LogP contribution in [-0.4, -0.2) is 45.1 Å². The van der Waals surface area contributed by atoms with E-state index in [4.69, 9.17) is 0 Å². The van der Waals surface area contributed by atoms with Gasteiger partial charge in [0, 0.05) is 34.5 Å². The Morgan fingerprint density at radius 1 is 1.17 bits per heavy atom. The lowest BCUT2D eigenvalue weighted by molar-refractivity contribution is 3.73. The molecular formula is C2H2Si4. The molecule has 0 atom stereocenters. The van der Waals surface area contributed by atoms with E-state index in [-0.39, 0.29) is 0 Å². The molecule has 0 aromatic heterocycles. The SMILES string of the molecule is C1=[Si]C=[Si][Si]=[Si]1. The molecule has 0 unspecified atom stereocenters. The Labute approximate surface area is 45.6 Å². The topological polar surface area (TPSA) is 0 Å². The molecule has 0 saturated heterocycles. The summed E-state index contributed by atoms with van der Waals surface area (Å²) >= 11 is 0. The van der Waals surface area contributed by atoms with Crippen molar-refractivity contribution in [2.24, 2.45) is 0 Å². The lowest BCUT2D eigenvalue weighted by Gasteiger charge is -1.72. The predicted molar refractivity (Wildman–Crippen MR) is 35.1 cm³/mol. The van der Waals surface area contributed by atoms with Gasteiger partial charge in [0.05, 0.1) is 0 Å². The van der Waals surface area contributed by atoms with Gasteiger partial charge in [-0.3, -0.25) is 0 Å². The van der Waals surface area contributed by atoms with Gasteiger partial charge >= 0.3 is 0 Å². The molecule has 0 aliphatic carbocycles. The standard InChI is InChI=1S/C2H2Si4/c1-3-2-5-6-4-1/h1-2H. The minimum atomic E-state index is 1.08. The molecule has 26 valence electrons. The molecule has 0 nitrogen and oxygen atoms in total. The van der Waals surface area contributed by atoms with Crippen molar-refractivity contribution in [1.82, 2.24) is 0 Å². The van der Waals surface area contributed by atoms with Gasteiger partial charge in [-0.05, 0) is 0 Å². The van der Waals surface area contributed by atoms with Crippen molar-refractivity contribution < 1.29 is 0 Å². The number of hydrogen-bond donors (Lipinski definition) is 0. The van der Waals surface area contributed by atoms with Crippen molar-refractivity contribution in [3.63, 3.8) is 0 Å². The van der Waals surface area contributed by atoms with Gasteiger partial charge in [-0.1, -0.05) is 10.6 Å². The first kappa shape index (κ1) is 4.76. The summed E-state index contributed by atoms with van der Waals surface area (Å²) in [6.45, 7) is 0. The van der Waals surface area contributed by atoms with Crippen molar-refractivity contribution in [1.29, 1.82) is 0 Å². The van der Waals surface area contributed by atoms with E-state index in [0.29, 0.717) is 0 Å². The van der Waals surface area contributed by atoms with E-state index in [1.807, 2.05) is 0 Å². The Balaban J connectivity index is 2.77. The minimum Gasteiger partial charge on any atom is -0.0963 e. The van der Waals surface area contributed by atoms with E-state index in [1.165, 1.54) is 25.4 Å². The van der Waals surface area contributed by atoms with E-state index in [9.17, 15) is 0 Å². The van der Waals surface area contributed by atoms with Gasteiger partial charge < -0.3 is 0 Å². The zero-order valence-corrected chi connectivity index (χ0v) is 7.15. The highest BCUT2D eigenvalue weighted by Gasteiger charge is 1.69. The Morgan fingerprint density at radius 2 is 2.17 bits per heavy atom. The van der Waals surface area contributed by atoms with Gasteiger partial charge in [0.15, 0.2) is 0 Å². The average molecular weight is 138 g/mol. The summed E-state index contributed by atoms with van der Waals surface area (Å²) in [5.41, 5.74) is 0. The maximum absolute atomic E-state index is 2.41. The predicted octanol–water partition coefficient (Wildman–Crippen LogP) is -1.83. The van der Waals surface area contributed by atoms with Gasteiger partial charge in [-0.2, -0.15) is 0 Å². The first-order valence-corrected chi connectivity index (χ1v) is 7.96. The van der Waals surface area contributed by atoms with Crippen molar-refractivity contribution in [2.45, 2.75) is 0 Å².